The number of piperazine rings is 1. The topological polar surface area (TPSA) is 67.2 Å². The van der Waals surface area contributed by atoms with Gasteiger partial charge in [-0.3, -0.25) is 9.78 Å². The van der Waals surface area contributed by atoms with Gasteiger partial charge in [0.1, 0.15) is 11.3 Å². The predicted molar refractivity (Wildman–Crippen MR) is 115 cm³/mol. The van der Waals surface area contributed by atoms with Crippen LogP contribution in [0, 0.1) is 5.82 Å². The summed E-state index contributed by atoms with van der Waals surface area (Å²) in [5.74, 6) is -0.319. The summed E-state index contributed by atoms with van der Waals surface area (Å²) in [6.07, 6.45) is 5.07. The van der Waals surface area contributed by atoms with Gasteiger partial charge >= 0.3 is 0 Å². The largest absolute Gasteiger partial charge is 0.366 e. The molecule has 0 radical (unpaired) electrons. The van der Waals surface area contributed by atoms with E-state index in [-0.39, 0.29) is 11.7 Å². The number of para-hydroxylation sites is 1. The van der Waals surface area contributed by atoms with Crippen LogP contribution in [-0.2, 0) is 6.54 Å². The highest BCUT2D eigenvalue weighted by Crippen LogP contribution is 2.21. The van der Waals surface area contributed by atoms with E-state index in [0.29, 0.717) is 55.1 Å². The number of halogens is 1. The average Bonchev–Trinajstić information content (AvgIpc) is 3.22. The number of carbonyl (C=O) groups is 1. The minimum Gasteiger partial charge on any atom is -0.366 e. The Labute approximate surface area is 178 Å². The lowest BCUT2D eigenvalue weighted by Crippen LogP contribution is -2.49. The van der Waals surface area contributed by atoms with Crippen molar-refractivity contribution >= 4 is 22.8 Å². The second kappa shape index (κ2) is 8.14. The Bertz CT molecular complexity index is 1220. The van der Waals surface area contributed by atoms with E-state index >= 15 is 0 Å². The van der Waals surface area contributed by atoms with Crippen LogP contribution in [0.5, 0.6) is 0 Å². The summed E-state index contributed by atoms with van der Waals surface area (Å²) in [6, 6.07) is 14.3. The molecule has 156 valence electrons. The maximum Gasteiger partial charge on any atom is 0.255 e. The Balaban J connectivity index is 1.29. The van der Waals surface area contributed by atoms with Crippen molar-refractivity contribution in [3.63, 3.8) is 0 Å². The van der Waals surface area contributed by atoms with Gasteiger partial charge < -0.3 is 14.4 Å². The zero-order valence-electron chi connectivity index (χ0n) is 16.9. The first-order valence-corrected chi connectivity index (χ1v) is 10.2. The summed E-state index contributed by atoms with van der Waals surface area (Å²) in [4.78, 5) is 30.0. The lowest BCUT2D eigenvalue weighted by Gasteiger charge is -2.36. The lowest BCUT2D eigenvalue weighted by atomic mass is 10.2. The van der Waals surface area contributed by atoms with Gasteiger partial charge in [0.25, 0.3) is 5.91 Å². The molecule has 1 aliphatic heterocycles. The number of rotatable bonds is 4. The number of pyridine rings is 2. The van der Waals surface area contributed by atoms with Crippen LogP contribution in [0.1, 0.15) is 16.1 Å². The molecule has 0 unspecified atom stereocenters. The molecule has 7 nitrogen and oxygen atoms in total. The van der Waals surface area contributed by atoms with Crippen LogP contribution in [0.3, 0.4) is 0 Å². The van der Waals surface area contributed by atoms with Crippen molar-refractivity contribution in [1.29, 1.82) is 0 Å². The summed E-state index contributed by atoms with van der Waals surface area (Å²) >= 11 is 0. The van der Waals surface area contributed by atoms with Gasteiger partial charge in [-0.05, 0) is 30.3 Å². The Morgan fingerprint density at radius 2 is 1.77 bits per heavy atom. The van der Waals surface area contributed by atoms with Crippen molar-refractivity contribution in [2.75, 3.05) is 31.1 Å². The van der Waals surface area contributed by atoms with Crippen LogP contribution in [0.25, 0.3) is 11.2 Å². The van der Waals surface area contributed by atoms with Gasteiger partial charge in [-0.1, -0.05) is 18.2 Å². The molecule has 1 aliphatic rings. The molecule has 0 N–H and O–H groups in total. The minimum absolute atomic E-state index is 0.0816. The highest BCUT2D eigenvalue weighted by atomic mass is 19.1. The SMILES string of the molecule is O=C(c1cnc2c(c1)ncn2Cc1ccccn1)N1CCN(c2ccccc2F)CC1. The quantitative estimate of drug-likeness (QED) is 0.512. The van der Waals surface area contributed by atoms with Gasteiger partial charge in [0.15, 0.2) is 5.65 Å². The number of nitrogens with zero attached hydrogens (tertiary/aromatic N) is 6. The third-order valence-electron chi connectivity index (χ3n) is 5.52. The van der Waals surface area contributed by atoms with Crippen LogP contribution >= 0.6 is 0 Å². The molecule has 0 saturated carbocycles. The molecule has 8 heteroatoms. The molecule has 3 aromatic heterocycles. The molecular weight excluding hydrogens is 395 g/mol. The molecule has 0 atom stereocenters. The Kier molecular flexibility index (Phi) is 5.03. The summed E-state index contributed by atoms with van der Waals surface area (Å²) in [5, 5.41) is 0. The van der Waals surface area contributed by atoms with E-state index in [1.165, 1.54) is 6.07 Å². The molecule has 31 heavy (non-hydrogen) atoms. The fourth-order valence-corrected chi connectivity index (χ4v) is 3.89. The third-order valence-corrected chi connectivity index (χ3v) is 5.52. The summed E-state index contributed by atoms with van der Waals surface area (Å²) in [7, 11) is 0. The van der Waals surface area contributed by atoms with Crippen molar-refractivity contribution in [2.24, 2.45) is 0 Å². The fraction of sp³-hybridized carbons (Fsp3) is 0.217. The number of hydrogen-bond donors (Lipinski definition) is 0. The fourth-order valence-electron chi connectivity index (χ4n) is 3.89. The Hall–Kier alpha value is -3.81. The van der Waals surface area contributed by atoms with Crippen molar-refractivity contribution in [1.82, 2.24) is 24.4 Å². The molecule has 1 saturated heterocycles. The molecule has 5 rings (SSSR count). The minimum atomic E-state index is -0.238. The highest BCUT2D eigenvalue weighted by Gasteiger charge is 2.24. The van der Waals surface area contributed by atoms with Crippen molar-refractivity contribution in [3.05, 3.63) is 84.3 Å². The zero-order valence-corrected chi connectivity index (χ0v) is 16.9. The number of anilines is 1. The van der Waals surface area contributed by atoms with Gasteiger partial charge in [-0.25, -0.2) is 14.4 Å². The zero-order chi connectivity index (χ0) is 21.2. The van der Waals surface area contributed by atoms with E-state index in [4.69, 9.17) is 0 Å². The van der Waals surface area contributed by atoms with E-state index in [1.807, 2.05) is 33.7 Å². The number of amides is 1. The summed E-state index contributed by atoms with van der Waals surface area (Å²) < 4.78 is 16.0. The van der Waals surface area contributed by atoms with Crippen molar-refractivity contribution in [3.8, 4) is 0 Å². The summed E-state index contributed by atoms with van der Waals surface area (Å²) in [5.41, 5.74) is 3.39. The molecule has 1 aromatic carbocycles. The molecule has 4 aromatic rings. The molecule has 0 spiro atoms. The van der Waals surface area contributed by atoms with E-state index in [1.54, 1.807) is 41.8 Å². The first-order chi connectivity index (χ1) is 15.2. The monoisotopic (exact) mass is 416 g/mol. The van der Waals surface area contributed by atoms with E-state index < -0.39 is 0 Å². The van der Waals surface area contributed by atoms with Gasteiger partial charge in [-0.2, -0.15) is 0 Å². The van der Waals surface area contributed by atoms with Crippen LogP contribution in [0.4, 0.5) is 10.1 Å². The molecule has 1 fully saturated rings. The highest BCUT2D eigenvalue weighted by molar-refractivity contribution is 5.96. The van der Waals surface area contributed by atoms with Gasteiger partial charge in [0.2, 0.25) is 0 Å². The second-order valence-corrected chi connectivity index (χ2v) is 7.49. The molecule has 4 heterocycles. The van der Waals surface area contributed by atoms with Crippen LogP contribution in [0.15, 0.2) is 67.3 Å². The standard InChI is InChI=1S/C23H21FN6O/c24-19-6-1-2-7-21(19)28-9-11-29(12-10-28)23(31)17-13-20-22(26-14-17)30(16-27-20)15-18-5-3-4-8-25-18/h1-8,13-14,16H,9-12,15H2. The summed E-state index contributed by atoms with van der Waals surface area (Å²) in [6.45, 7) is 2.79. The first kappa shape index (κ1) is 19.2. The first-order valence-electron chi connectivity index (χ1n) is 10.2. The Morgan fingerprint density at radius 1 is 0.968 bits per heavy atom. The second-order valence-electron chi connectivity index (χ2n) is 7.49. The molecule has 0 aliphatic carbocycles. The number of fused-ring (bicyclic) bond motifs is 1. The maximum absolute atomic E-state index is 14.0. The van der Waals surface area contributed by atoms with E-state index in [9.17, 15) is 9.18 Å². The average molecular weight is 416 g/mol. The number of hydrogen-bond acceptors (Lipinski definition) is 5. The number of aromatic nitrogens is 4. The van der Waals surface area contributed by atoms with Gasteiger partial charge in [-0.15, -0.1) is 0 Å². The molecular formula is C23H21FN6O. The molecule has 0 bridgehead atoms. The van der Waals surface area contributed by atoms with E-state index in [0.717, 1.165) is 5.69 Å². The van der Waals surface area contributed by atoms with Crippen molar-refractivity contribution < 1.29 is 9.18 Å². The lowest BCUT2D eigenvalue weighted by molar-refractivity contribution is 0.0746. The predicted octanol–water partition coefficient (Wildman–Crippen LogP) is 2.98. The van der Waals surface area contributed by atoms with E-state index in [2.05, 4.69) is 15.0 Å². The smallest absolute Gasteiger partial charge is 0.255 e. The maximum atomic E-state index is 14.0. The third kappa shape index (κ3) is 3.84. The van der Waals surface area contributed by atoms with Crippen LogP contribution < -0.4 is 4.90 Å². The molecule has 1 amide bonds. The van der Waals surface area contributed by atoms with Crippen molar-refractivity contribution in [2.45, 2.75) is 6.54 Å². The number of imidazole rings is 1. The van der Waals surface area contributed by atoms with Gasteiger partial charge in [0, 0.05) is 38.6 Å². The van der Waals surface area contributed by atoms with Crippen LogP contribution in [0.2, 0.25) is 0 Å². The normalized spacial score (nSPS) is 14.2. The van der Waals surface area contributed by atoms with Gasteiger partial charge in [0.05, 0.1) is 29.8 Å². The van der Waals surface area contributed by atoms with Crippen LogP contribution in [-0.4, -0.2) is 56.5 Å². The number of carbonyl (C=O) groups excluding carboxylic acids is 1. The Morgan fingerprint density at radius 3 is 2.55 bits per heavy atom. The number of benzene rings is 1.